The van der Waals surface area contributed by atoms with E-state index >= 15 is 0 Å². The van der Waals surface area contributed by atoms with Crippen LogP contribution in [-0.4, -0.2) is 26.3 Å². The summed E-state index contributed by atoms with van der Waals surface area (Å²) in [7, 11) is 0. The molecule has 0 saturated carbocycles. The van der Waals surface area contributed by atoms with E-state index < -0.39 is 0 Å². The fraction of sp³-hybridized carbons (Fsp3) is 0.222. The molecule has 1 aliphatic heterocycles. The predicted molar refractivity (Wildman–Crippen MR) is 93.1 cm³/mol. The average molecular weight is 311 g/mol. The molecule has 0 spiro atoms. The van der Waals surface area contributed by atoms with E-state index in [1.165, 1.54) is 11.9 Å². The van der Waals surface area contributed by atoms with Gasteiger partial charge in [0.2, 0.25) is 0 Å². The summed E-state index contributed by atoms with van der Waals surface area (Å²) in [5.41, 5.74) is 14.3. The van der Waals surface area contributed by atoms with Crippen molar-refractivity contribution in [3.8, 4) is 5.75 Å². The maximum Gasteiger partial charge on any atom is 0.150 e. The largest absolute Gasteiger partial charge is 0.455 e. The number of morpholine rings is 1. The van der Waals surface area contributed by atoms with E-state index in [9.17, 15) is 0 Å². The third-order valence-corrected chi connectivity index (χ3v) is 3.77. The van der Waals surface area contributed by atoms with Gasteiger partial charge >= 0.3 is 0 Å². The maximum absolute atomic E-state index is 5.84. The van der Waals surface area contributed by atoms with Crippen LogP contribution in [0.1, 0.15) is 5.56 Å². The van der Waals surface area contributed by atoms with Crippen molar-refractivity contribution in [2.45, 2.75) is 0 Å². The topological polar surface area (TPSA) is 73.7 Å². The highest BCUT2D eigenvalue weighted by Crippen LogP contribution is 2.24. The first-order chi connectivity index (χ1) is 11.3. The number of nitrogens with two attached hydrogens (primary N) is 2. The second-order valence-electron chi connectivity index (χ2n) is 5.35. The van der Waals surface area contributed by atoms with E-state index in [1.807, 2.05) is 30.3 Å². The summed E-state index contributed by atoms with van der Waals surface area (Å²) in [5.74, 6) is 1.27. The SMILES string of the molecule is NC=C(Oc1cccc(N)c1)c1ccc(N2CCOCC2)cc1. The van der Waals surface area contributed by atoms with Crippen LogP contribution in [0.15, 0.2) is 54.7 Å². The van der Waals surface area contributed by atoms with E-state index in [2.05, 4.69) is 17.0 Å². The normalized spacial score (nSPS) is 15.5. The van der Waals surface area contributed by atoms with Crippen molar-refractivity contribution in [1.29, 1.82) is 0 Å². The van der Waals surface area contributed by atoms with Crippen molar-refractivity contribution in [3.05, 3.63) is 60.3 Å². The fourth-order valence-corrected chi connectivity index (χ4v) is 2.55. The van der Waals surface area contributed by atoms with Crippen molar-refractivity contribution in [2.24, 2.45) is 5.73 Å². The Morgan fingerprint density at radius 3 is 2.48 bits per heavy atom. The van der Waals surface area contributed by atoms with Gasteiger partial charge in [-0.25, -0.2) is 0 Å². The molecule has 0 bridgehead atoms. The predicted octanol–water partition coefficient (Wildman–Crippen LogP) is 2.44. The van der Waals surface area contributed by atoms with E-state index in [-0.39, 0.29) is 0 Å². The minimum atomic E-state index is 0.601. The Kier molecular flexibility index (Phi) is 4.68. The van der Waals surface area contributed by atoms with Crippen LogP contribution in [0, 0.1) is 0 Å². The monoisotopic (exact) mass is 311 g/mol. The van der Waals surface area contributed by atoms with Gasteiger partial charge in [0.05, 0.1) is 13.2 Å². The molecule has 120 valence electrons. The lowest BCUT2D eigenvalue weighted by Gasteiger charge is -2.29. The summed E-state index contributed by atoms with van der Waals surface area (Å²) in [6, 6.07) is 15.5. The van der Waals surface area contributed by atoms with E-state index in [0.29, 0.717) is 17.2 Å². The first-order valence-electron chi connectivity index (χ1n) is 7.65. The number of hydrogen-bond donors (Lipinski definition) is 2. The van der Waals surface area contributed by atoms with Gasteiger partial charge in [0.25, 0.3) is 0 Å². The average Bonchev–Trinajstić information content (AvgIpc) is 2.61. The molecular formula is C18H21N3O2. The second kappa shape index (κ2) is 7.07. The lowest BCUT2D eigenvalue weighted by molar-refractivity contribution is 0.122. The molecule has 3 rings (SSSR count). The molecule has 1 heterocycles. The number of benzene rings is 2. The smallest absolute Gasteiger partial charge is 0.150 e. The van der Waals surface area contributed by atoms with Gasteiger partial charge < -0.3 is 25.8 Å². The van der Waals surface area contributed by atoms with Crippen LogP contribution >= 0.6 is 0 Å². The second-order valence-corrected chi connectivity index (χ2v) is 5.35. The Morgan fingerprint density at radius 2 is 1.83 bits per heavy atom. The summed E-state index contributed by atoms with van der Waals surface area (Å²) in [5, 5.41) is 0. The molecule has 0 aromatic heterocycles. The van der Waals surface area contributed by atoms with Gasteiger partial charge in [-0.2, -0.15) is 0 Å². The maximum atomic E-state index is 5.84. The standard InChI is InChI=1S/C18H21N3O2/c19-13-18(23-17-3-1-2-15(20)12-17)14-4-6-16(7-5-14)21-8-10-22-11-9-21/h1-7,12-13H,8-11,19-20H2. The van der Waals surface area contributed by atoms with E-state index in [4.69, 9.17) is 20.9 Å². The third kappa shape index (κ3) is 3.76. The first kappa shape index (κ1) is 15.2. The Labute approximate surface area is 136 Å². The number of nitrogens with zero attached hydrogens (tertiary/aromatic N) is 1. The first-order valence-corrected chi connectivity index (χ1v) is 7.65. The molecule has 4 N–H and O–H groups in total. The molecule has 1 aliphatic rings. The highest BCUT2D eigenvalue weighted by Gasteiger charge is 2.12. The molecule has 5 nitrogen and oxygen atoms in total. The van der Waals surface area contributed by atoms with Crippen LogP contribution in [0.3, 0.4) is 0 Å². The van der Waals surface area contributed by atoms with Crippen LogP contribution < -0.4 is 21.1 Å². The van der Waals surface area contributed by atoms with Crippen molar-refractivity contribution < 1.29 is 9.47 Å². The van der Waals surface area contributed by atoms with E-state index in [1.54, 1.807) is 6.07 Å². The lowest BCUT2D eigenvalue weighted by Crippen LogP contribution is -2.36. The fourth-order valence-electron chi connectivity index (χ4n) is 2.55. The number of anilines is 2. The molecule has 0 radical (unpaired) electrons. The molecule has 23 heavy (non-hydrogen) atoms. The van der Waals surface area contributed by atoms with Gasteiger partial charge in [0.15, 0.2) is 0 Å². The summed E-state index contributed by atoms with van der Waals surface area (Å²) < 4.78 is 11.2. The van der Waals surface area contributed by atoms with Gasteiger partial charge in [0, 0.05) is 42.3 Å². The molecule has 2 aromatic rings. The van der Waals surface area contributed by atoms with E-state index in [0.717, 1.165) is 31.9 Å². The van der Waals surface area contributed by atoms with Crippen molar-refractivity contribution in [1.82, 2.24) is 0 Å². The molecule has 2 aromatic carbocycles. The van der Waals surface area contributed by atoms with Gasteiger partial charge in [-0.05, 0) is 36.4 Å². The van der Waals surface area contributed by atoms with Gasteiger partial charge in [-0.3, -0.25) is 0 Å². The highest BCUT2D eigenvalue weighted by molar-refractivity contribution is 5.64. The number of ether oxygens (including phenoxy) is 2. The molecule has 0 aliphatic carbocycles. The quantitative estimate of drug-likeness (QED) is 0.670. The molecular weight excluding hydrogens is 290 g/mol. The van der Waals surface area contributed by atoms with Crippen LogP contribution in [0.4, 0.5) is 11.4 Å². The number of nitrogen functional groups attached to an aromatic ring is 1. The molecule has 0 atom stereocenters. The van der Waals surface area contributed by atoms with Crippen molar-refractivity contribution >= 4 is 17.1 Å². The Hall–Kier alpha value is -2.66. The van der Waals surface area contributed by atoms with Crippen LogP contribution in [0.25, 0.3) is 5.76 Å². The van der Waals surface area contributed by atoms with Gasteiger partial charge in [0.1, 0.15) is 11.5 Å². The highest BCUT2D eigenvalue weighted by atomic mass is 16.5. The lowest BCUT2D eigenvalue weighted by atomic mass is 10.1. The Morgan fingerprint density at radius 1 is 1.09 bits per heavy atom. The zero-order chi connectivity index (χ0) is 16.1. The van der Waals surface area contributed by atoms with Crippen LogP contribution in [0.5, 0.6) is 5.75 Å². The number of rotatable bonds is 4. The van der Waals surface area contributed by atoms with Crippen molar-refractivity contribution in [2.75, 3.05) is 36.9 Å². The van der Waals surface area contributed by atoms with Crippen LogP contribution in [-0.2, 0) is 4.74 Å². The van der Waals surface area contributed by atoms with Gasteiger partial charge in [-0.15, -0.1) is 0 Å². The third-order valence-electron chi connectivity index (χ3n) is 3.77. The molecule has 0 unspecified atom stereocenters. The molecule has 1 fully saturated rings. The summed E-state index contributed by atoms with van der Waals surface area (Å²) >= 11 is 0. The zero-order valence-corrected chi connectivity index (χ0v) is 12.9. The molecule has 0 amide bonds. The summed E-state index contributed by atoms with van der Waals surface area (Å²) in [6.07, 6.45) is 1.47. The Bertz CT molecular complexity index is 677. The zero-order valence-electron chi connectivity index (χ0n) is 12.9. The molecule has 1 saturated heterocycles. The minimum absolute atomic E-state index is 0.601. The van der Waals surface area contributed by atoms with Crippen molar-refractivity contribution in [3.63, 3.8) is 0 Å². The summed E-state index contributed by atoms with van der Waals surface area (Å²) in [6.45, 7) is 3.37. The van der Waals surface area contributed by atoms with Gasteiger partial charge in [-0.1, -0.05) is 6.07 Å². The minimum Gasteiger partial charge on any atom is -0.455 e. The number of hydrogen-bond acceptors (Lipinski definition) is 5. The van der Waals surface area contributed by atoms with Crippen LogP contribution in [0.2, 0.25) is 0 Å². The summed E-state index contributed by atoms with van der Waals surface area (Å²) in [4.78, 5) is 2.30. The molecule has 5 heteroatoms. The Balaban J connectivity index is 1.74.